The molecule has 3 nitrogen and oxygen atoms in total. The van der Waals surface area contributed by atoms with Crippen molar-refractivity contribution in [3.63, 3.8) is 0 Å². The van der Waals surface area contributed by atoms with Gasteiger partial charge in [0.15, 0.2) is 5.78 Å². The van der Waals surface area contributed by atoms with E-state index >= 15 is 0 Å². The topological polar surface area (TPSA) is 50.1 Å². The summed E-state index contributed by atoms with van der Waals surface area (Å²) in [5.74, 6) is 0.571. The van der Waals surface area contributed by atoms with Crippen molar-refractivity contribution in [2.24, 2.45) is 0 Å². The Morgan fingerprint density at radius 2 is 2.29 bits per heavy atom. The fourth-order valence-corrected chi connectivity index (χ4v) is 2.04. The molecule has 0 bridgehead atoms. The lowest BCUT2D eigenvalue weighted by Crippen LogP contribution is -2.17. The van der Waals surface area contributed by atoms with Crippen molar-refractivity contribution in [2.45, 2.75) is 6.42 Å². The van der Waals surface area contributed by atoms with Gasteiger partial charge in [0, 0.05) is 6.42 Å². The average Bonchev–Trinajstić information content (AvgIpc) is 2.20. The van der Waals surface area contributed by atoms with Crippen LogP contribution in [0.3, 0.4) is 0 Å². The lowest BCUT2D eigenvalue weighted by Gasteiger charge is -2.18. The van der Waals surface area contributed by atoms with E-state index in [1.54, 1.807) is 12.1 Å². The van der Waals surface area contributed by atoms with E-state index in [2.05, 4.69) is 22.6 Å². The van der Waals surface area contributed by atoms with Crippen LogP contribution in [0.5, 0.6) is 5.75 Å². The number of fused-ring (bicyclic) bond motifs is 1. The number of hydrogen-bond donors (Lipinski definition) is 0. The van der Waals surface area contributed by atoms with E-state index in [9.17, 15) is 4.79 Å². The lowest BCUT2D eigenvalue weighted by atomic mass is 10.00. The van der Waals surface area contributed by atoms with Gasteiger partial charge in [0.1, 0.15) is 11.8 Å². The van der Waals surface area contributed by atoms with Crippen LogP contribution in [0.2, 0.25) is 0 Å². The molecule has 0 aromatic heterocycles. The van der Waals surface area contributed by atoms with Crippen LogP contribution in [0.4, 0.5) is 0 Å². The minimum Gasteiger partial charge on any atom is -0.491 e. The van der Waals surface area contributed by atoms with Crippen LogP contribution in [0.15, 0.2) is 12.1 Å². The molecule has 1 heterocycles. The van der Waals surface area contributed by atoms with Crippen LogP contribution in [-0.2, 0) is 0 Å². The second-order valence-corrected chi connectivity index (χ2v) is 4.09. The largest absolute Gasteiger partial charge is 0.491 e. The maximum Gasteiger partial charge on any atom is 0.171 e. The lowest BCUT2D eigenvalue weighted by molar-refractivity contribution is 0.0932. The van der Waals surface area contributed by atoms with Crippen molar-refractivity contribution in [3.8, 4) is 11.8 Å². The predicted octanol–water partition coefficient (Wildman–Crippen LogP) is 2.13. The number of Topliss-reactive ketones (excluding diaryl/α,β-unsaturated/α-hetero) is 1. The molecule has 70 valence electrons. The normalized spacial score (nSPS) is 14.1. The molecule has 0 N–H and O–H groups in total. The molecular formula is C10H6INO2. The van der Waals surface area contributed by atoms with Crippen molar-refractivity contribution in [1.29, 1.82) is 5.26 Å². The number of hydrogen-bond acceptors (Lipinski definition) is 3. The van der Waals surface area contributed by atoms with Gasteiger partial charge in [0.2, 0.25) is 0 Å². The van der Waals surface area contributed by atoms with Crippen LogP contribution in [-0.4, -0.2) is 12.4 Å². The van der Waals surface area contributed by atoms with Crippen LogP contribution in [0, 0.1) is 14.9 Å². The first kappa shape index (κ1) is 9.46. The average molecular weight is 299 g/mol. The second-order valence-electron chi connectivity index (χ2n) is 2.93. The van der Waals surface area contributed by atoms with E-state index in [0.29, 0.717) is 29.9 Å². The minimum atomic E-state index is 0.00122. The van der Waals surface area contributed by atoms with Gasteiger partial charge in [-0.05, 0) is 34.7 Å². The van der Waals surface area contributed by atoms with Crippen molar-refractivity contribution in [1.82, 2.24) is 0 Å². The third-order valence-electron chi connectivity index (χ3n) is 2.08. The molecule has 0 atom stereocenters. The first-order valence-electron chi connectivity index (χ1n) is 4.12. The van der Waals surface area contributed by atoms with E-state index in [-0.39, 0.29) is 5.78 Å². The summed E-state index contributed by atoms with van der Waals surface area (Å²) in [4.78, 5) is 11.6. The summed E-state index contributed by atoms with van der Waals surface area (Å²) in [5.41, 5.74) is 0.857. The standard InChI is InChI=1S/C10H6INO2/c11-7-2-1-6(5-12)9-8(13)3-4-14-10(7)9/h1-2H,3-4H2. The second kappa shape index (κ2) is 3.58. The van der Waals surface area contributed by atoms with Gasteiger partial charge in [0.25, 0.3) is 0 Å². The Balaban J connectivity index is 2.72. The number of ether oxygens (including phenoxy) is 1. The molecular weight excluding hydrogens is 293 g/mol. The summed E-state index contributed by atoms with van der Waals surface area (Å²) in [7, 11) is 0. The van der Waals surface area contributed by atoms with Crippen LogP contribution in [0.25, 0.3) is 0 Å². The highest BCUT2D eigenvalue weighted by Gasteiger charge is 2.24. The van der Waals surface area contributed by atoms with E-state index in [1.807, 2.05) is 6.07 Å². The molecule has 0 fully saturated rings. The molecule has 0 saturated heterocycles. The van der Waals surface area contributed by atoms with Gasteiger partial charge in [-0.25, -0.2) is 0 Å². The Morgan fingerprint density at radius 3 is 3.00 bits per heavy atom. The number of carbonyl (C=O) groups is 1. The van der Waals surface area contributed by atoms with Gasteiger partial charge in [-0.2, -0.15) is 5.26 Å². The number of carbonyl (C=O) groups excluding carboxylic acids is 1. The zero-order valence-corrected chi connectivity index (χ0v) is 9.37. The third kappa shape index (κ3) is 1.38. The van der Waals surface area contributed by atoms with Crippen LogP contribution < -0.4 is 4.74 Å². The summed E-state index contributed by atoms with van der Waals surface area (Å²) in [5, 5.41) is 8.84. The smallest absolute Gasteiger partial charge is 0.171 e. The number of nitrogens with zero attached hydrogens (tertiary/aromatic N) is 1. The maximum absolute atomic E-state index is 11.6. The third-order valence-corrected chi connectivity index (χ3v) is 2.93. The van der Waals surface area contributed by atoms with Gasteiger partial charge in [-0.1, -0.05) is 0 Å². The van der Waals surface area contributed by atoms with Gasteiger partial charge in [-0.15, -0.1) is 0 Å². The highest BCUT2D eigenvalue weighted by Crippen LogP contribution is 2.32. The quantitative estimate of drug-likeness (QED) is 0.690. The summed E-state index contributed by atoms with van der Waals surface area (Å²) in [6, 6.07) is 5.46. The van der Waals surface area contributed by atoms with Crippen molar-refractivity contribution < 1.29 is 9.53 Å². The fourth-order valence-electron chi connectivity index (χ4n) is 1.44. The zero-order chi connectivity index (χ0) is 10.1. The summed E-state index contributed by atoms with van der Waals surface area (Å²) < 4.78 is 6.27. The summed E-state index contributed by atoms with van der Waals surface area (Å²) in [6.07, 6.45) is 0.363. The number of benzene rings is 1. The van der Waals surface area contributed by atoms with Crippen LogP contribution in [0.1, 0.15) is 22.3 Å². The number of rotatable bonds is 0. The predicted molar refractivity (Wildman–Crippen MR) is 58.3 cm³/mol. The van der Waals surface area contributed by atoms with E-state index < -0.39 is 0 Å². The molecule has 0 radical (unpaired) electrons. The van der Waals surface area contributed by atoms with Gasteiger partial charge >= 0.3 is 0 Å². The Kier molecular flexibility index (Phi) is 2.42. The molecule has 2 rings (SSSR count). The Bertz CT molecular complexity index is 448. The Labute approximate surface area is 94.8 Å². The SMILES string of the molecule is N#Cc1ccc(I)c2c1C(=O)CCO2. The molecule has 0 aliphatic carbocycles. The molecule has 14 heavy (non-hydrogen) atoms. The van der Waals surface area contributed by atoms with Gasteiger partial charge in [0.05, 0.1) is 21.3 Å². The molecule has 0 unspecified atom stereocenters. The first-order valence-corrected chi connectivity index (χ1v) is 5.20. The van der Waals surface area contributed by atoms with E-state index in [4.69, 9.17) is 10.00 Å². The van der Waals surface area contributed by atoms with Crippen molar-refractivity contribution in [2.75, 3.05) is 6.61 Å². The first-order chi connectivity index (χ1) is 6.74. The maximum atomic E-state index is 11.6. The fraction of sp³-hybridized carbons (Fsp3) is 0.200. The van der Waals surface area contributed by atoms with E-state index in [1.165, 1.54) is 0 Å². The molecule has 1 aliphatic heterocycles. The Morgan fingerprint density at radius 1 is 1.50 bits per heavy atom. The summed E-state index contributed by atoms with van der Waals surface area (Å²) >= 11 is 2.10. The van der Waals surface area contributed by atoms with E-state index in [0.717, 1.165) is 3.57 Å². The number of ketones is 1. The molecule has 0 spiro atoms. The monoisotopic (exact) mass is 299 g/mol. The zero-order valence-electron chi connectivity index (χ0n) is 7.21. The molecule has 0 amide bonds. The molecule has 4 heteroatoms. The summed E-state index contributed by atoms with van der Waals surface area (Å²) in [6.45, 7) is 0.413. The van der Waals surface area contributed by atoms with Crippen molar-refractivity contribution >= 4 is 28.4 Å². The van der Waals surface area contributed by atoms with Crippen molar-refractivity contribution in [3.05, 3.63) is 26.8 Å². The molecule has 0 saturated carbocycles. The number of halogens is 1. The van der Waals surface area contributed by atoms with Gasteiger partial charge < -0.3 is 4.74 Å². The number of nitriles is 1. The molecule has 1 aromatic carbocycles. The Hall–Kier alpha value is -1.09. The highest BCUT2D eigenvalue weighted by molar-refractivity contribution is 14.1. The van der Waals surface area contributed by atoms with Crippen LogP contribution >= 0.6 is 22.6 Å². The van der Waals surface area contributed by atoms with Gasteiger partial charge in [-0.3, -0.25) is 4.79 Å². The minimum absolute atomic E-state index is 0.00122. The molecule has 1 aromatic rings. The highest BCUT2D eigenvalue weighted by atomic mass is 127. The molecule has 1 aliphatic rings.